The average Bonchev–Trinajstić information content (AvgIpc) is 3.10. The highest BCUT2D eigenvalue weighted by Crippen LogP contribution is 2.26. The Morgan fingerprint density at radius 2 is 2.08 bits per heavy atom. The Bertz CT molecular complexity index is 1080. The summed E-state index contributed by atoms with van der Waals surface area (Å²) in [6, 6.07) is 9.43. The highest BCUT2D eigenvalue weighted by atomic mass is 32.1. The van der Waals surface area contributed by atoms with E-state index in [-0.39, 0.29) is 11.0 Å². The van der Waals surface area contributed by atoms with Gasteiger partial charge in [-0.25, -0.2) is 9.50 Å². The lowest BCUT2D eigenvalue weighted by atomic mass is 9.93. The second-order valence-electron chi connectivity index (χ2n) is 7.07. The van der Waals surface area contributed by atoms with Gasteiger partial charge in [0.1, 0.15) is 0 Å². The molecule has 0 unspecified atom stereocenters. The lowest BCUT2D eigenvalue weighted by Gasteiger charge is -2.13. The molecule has 128 valence electrons. The number of nitrogens with zero attached hydrogens (tertiary/aromatic N) is 3. The second kappa shape index (κ2) is 5.70. The number of aromatic nitrogens is 4. The molecule has 0 aliphatic heterocycles. The summed E-state index contributed by atoms with van der Waals surface area (Å²) in [6.07, 6.45) is 1.97. The molecular formula is C18H19N5OS. The van der Waals surface area contributed by atoms with Crippen LogP contribution in [-0.4, -0.2) is 19.6 Å². The van der Waals surface area contributed by atoms with Crippen molar-refractivity contribution < 1.29 is 0 Å². The molecule has 0 radical (unpaired) electrons. The van der Waals surface area contributed by atoms with Gasteiger partial charge >= 0.3 is 0 Å². The Kier molecular flexibility index (Phi) is 3.61. The molecule has 25 heavy (non-hydrogen) atoms. The second-order valence-corrected chi connectivity index (χ2v) is 8.02. The van der Waals surface area contributed by atoms with Gasteiger partial charge in [0.2, 0.25) is 15.7 Å². The van der Waals surface area contributed by atoms with Crippen molar-refractivity contribution in [1.82, 2.24) is 19.6 Å². The monoisotopic (exact) mass is 353 g/mol. The van der Waals surface area contributed by atoms with Crippen LogP contribution in [0.15, 0.2) is 41.3 Å². The molecule has 0 atom stereocenters. The fraction of sp³-hybridized carbons (Fsp3) is 0.278. The highest BCUT2D eigenvalue weighted by Gasteiger charge is 2.19. The number of fused-ring (bicyclic) bond motifs is 2. The van der Waals surface area contributed by atoms with Crippen molar-refractivity contribution in [1.29, 1.82) is 0 Å². The largest absolute Gasteiger partial charge is 0.356 e. The Morgan fingerprint density at radius 3 is 2.84 bits per heavy atom. The fourth-order valence-electron chi connectivity index (χ4n) is 2.73. The Balaban J connectivity index is 1.60. The van der Waals surface area contributed by atoms with Crippen LogP contribution in [0.25, 0.3) is 15.9 Å². The Labute approximate surface area is 148 Å². The lowest BCUT2D eigenvalue weighted by Crippen LogP contribution is -2.11. The zero-order valence-corrected chi connectivity index (χ0v) is 15.1. The SMILES string of the molecule is CC(C)(C)c1cn2nc(NCc3cc(=O)[nH]c4ccccc34)sc2n1. The van der Waals surface area contributed by atoms with Crippen molar-refractivity contribution in [3.8, 4) is 0 Å². The molecule has 0 spiro atoms. The van der Waals surface area contributed by atoms with Gasteiger partial charge < -0.3 is 10.3 Å². The summed E-state index contributed by atoms with van der Waals surface area (Å²) < 4.78 is 1.81. The van der Waals surface area contributed by atoms with Crippen molar-refractivity contribution in [3.63, 3.8) is 0 Å². The normalized spacial score (nSPS) is 12.1. The standard InChI is InChI=1S/C18H19N5OS/c1-18(2,3)14-10-23-17(21-14)25-16(22-23)19-9-11-8-15(24)20-13-7-5-4-6-12(11)13/h4-8,10H,9H2,1-3H3,(H,19,22)(H,20,24). The highest BCUT2D eigenvalue weighted by molar-refractivity contribution is 7.20. The molecule has 4 aromatic rings. The molecular weight excluding hydrogens is 334 g/mol. The molecule has 4 rings (SSSR count). The minimum Gasteiger partial charge on any atom is -0.356 e. The van der Waals surface area contributed by atoms with Crippen molar-refractivity contribution in [2.45, 2.75) is 32.7 Å². The fourth-order valence-corrected chi connectivity index (χ4v) is 3.50. The van der Waals surface area contributed by atoms with Crippen molar-refractivity contribution in [2.24, 2.45) is 0 Å². The molecule has 0 aliphatic rings. The maximum absolute atomic E-state index is 11.8. The molecule has 6 nitrogen and oxygen atoms in total. The van der Waals surface area contributed by atoms with E-state index in [0.717, 1.165) is 32.3 Å². The van der Waals surface area contributed by atoms with E-state index in [4.69, 9.17) is 0 Å². The maximum Gasteiger partial charge on any atom is 0.248 e. The third kappa shape index (κ3) is 3.02. The molecule has 3 heterocycles. The van der Waals surface area contributed by atoms with E-state index in [1.165, 1.54) is 11.3 Å². The maximum atomic E-state index is 11.8. The number of benzene rings is 1. The number of H-pyrrole nitrogens is 1. The smallest absolute Gasteiger partial charge is 0.248 e. The van der Waals surface area contributed by atoms with E-state index < -0.39 is 0 Å². The van der Waals surface area contributed by atoms with E-state index in [9.17, 15) is 4.79 Å². The van der Waals surface area contributed by atoms with E-state index in [2.05, 4.69) is 41.2 Å². The van der Waals surface area contributed by atoms with Crippen molar-refractivity contribution in [2.75, 3.05) is 5.32 Å². The molecule has 0 saturated carbocycles. The first-order valence-electron chi connectivity index (χ1n) is 8.12. The van der Waals surface area contributed by atoms with Gasteiger partial charge in [-0.1, -0.05) is 50.3 Å². The van der Waals surface area contributed by atoms with E-state index >= 15 is 0 Å². The molecule has 2 N–H and O–H groups in total. The first-order chi connectivity index (χ1) is 11.9. The molecule has 7 heteroatoms. The van der Waals surface area contributed by atoms with Crippen LogP contribution in [0.1, 0.15) is 32.0 Å². The van der Waals surface area contributed by atoms with Crippen molar-refractivity contribution >= 4 is 32.3 Å². The predicted molar refractivity (Wildman–Crippen MR) is 101 cm³/mol. The number of rotatable bonds is 3. The van der Waals surface area contributed by atoms with Crippen LogP contribution in [0.3, 0.4) is 0 Å². The number of para-hydroxylation sites is 1. The molecule has 0 bridgehead atoms. The van der Waals surface area contributed by atoms with Gasteiger partial charge in [-0.15, -0.1) is 5.10 Å². The third-order valence-corrected chi connectivity index (χ3v) is 4.96. The quantitative estimate of drug-likeness (QED) is 0.591. The van der Waals surface area contributed by atoms with Gasteiger partial charge in [0.05, 0.1) is 11.9 Å². The number of aromatic amines is 1. The summed E-state index contributed by atoms with van der Waals surface area (Å²) in [4.78, 5) is 20.2. The van der Waals surface area contributed by atoms with Gasteiger partial charge in [-0.3, -0.25) is 4.79 Å². The van der Waals surface area contributed by atoms with Crippen molar-refractivity contribution in [3.05, 3.63) is 58.1 Å². The predicted octanol–water partition coefficient (Wildman–Crippen LogP) is 3.54. The molecule has 3 aromatic heterocycles. The third-order valence-electron chi connectivity index (χ3n) is 4.08. The Morgan fingerprint density at radius 1 is 1.28 bits per heavy atom. The van der Waals surface area contributed by atoms with Crippen LogP contribution in [0, 0.1) is 0 Å². The summed E-state index contributed by atoms with van der Waals surface area (Å²) in [6.45, 7) is 6.94. The van der Waals surface area contributed by atoms with Gasteiger partial charge in [0.25, 0.3) is 0 Å². The Hall–Kier alpha value is -2.67. The van der Waals surface area contributed by atoms with Crippen LogP contribution in [0.4, 0.5) is 5.13 Å². The summed E-state index contributed by atoms with van der Waals surface area (Å²) in [5.41, 5.74) is 2.72. The molecule has 0 aliphatic carbocycles. The molecule has 0 saturated heterocycles. The minimum atomic E-state index is -0.0979. The number of hydrogen-bond acceptors (Lipinski definition) is 5. The lowest BCUT2D eigenvalue weighted by molar-refractivity contribution is 0.572. The topological polar surface area (TPSA) is 75.1 Å². The van der Waals surface area contributed by atoms with Gasteiger partial charge in [0, 0.05) is 28.9 Å². The van der Waals surface area contributed by atoms with E-state index in [1.807, 2.05) is 35.0 Å². The summed E-state index contributed by atoms with van der Waals surface area (Å²) in [7, 11) is 0. The van der Waals surface area contributed by atoms with Crippen LogP contribution in [0.5, 0.6) is 0 Å². The van der Waals surface area contributed by atoms with E-state index in [0.29, 0.717) is 6.54 Å². The summed E-state index contributed by atoms with van der Waals surface area (Å²) in [5, 5.41) is 9.67. The molecule has 0 amide bonds. The number of hydrogen-bond donors (Lipinski definition) is 2. The average molecular weight is 353 g/mol. The van der Waals surface area contributed by atoms with Gasteiger partial charge in [0.15, 0.2) is 0 Å². The van der Waals surface area contributed by atoms with Crippen LogP contribution < -0.4 is 10.9 Å². The summed E-state index contributed by atoms with van der Waals surface area (Å²) >= 11 is 1.51. The van der Waals surface area contributed by atoms with E-state index in [1.54, 1.807) is 6.07 Å². The molecule has 0 fully saturated rings. The van der Waals surface area contributed by atoms with Crippen LogP contribution in [-0.2, 0) is 12.0 Å². The zero-order chi connectivity index (χ0) is 17.6. The number of pyridine rings is 1. The summed E-state index contributed by atoms with van der Waals surface area (Å²) in [5.74, 6) is 0. The zero-order valence-electron chi connectivity index (χ0n) is 14.3. The molecule has 1 aromatic carbocycles. The van der Waals surface area contributed by atoms with Gasteiger partial charge in [-0.05, 0) is 11.6 Å². The number of nitrogens with one attached hydrogen (secondary N) is 2. The van der Waals surface area contributed by atoms with Crippen LogP contribution >= 0.6 is 11.3 Å². The number of anilines is 1. The number of imidazole rings is 1. The minimum absolute atomic E-state index is 0.00495. The van der Waals surface area contributed by atoms with Crippen LogP contribution in [0.2, 0.25) is 0 Å². The van der Waals surface area contributed by atoms with Gasteiger partial charge in [-0.2, -0.15) is 0 Å². The first-order valence-corrected chi connectivity index (χ1v) is 8.93. The first kappa shape index (κ1) is 15.8.